The first-order valence-corrected chi connectivity index (χ1v) is 4.18. The Morgan fingerprint density at radius 3 is 2.33 bits per heavy atom. The number of nitrogens with two attached hydrogens (primary N) is 1. The van der Waals surface area contributed by atoms with Crippen LogP contribution in [0, 0.1) is 5.92 Å². The van der Waals surface area contributed by atoms with E-state index in [0.717, 1.165) is 5.56 Å². The minimum Gasteiger partial charge on any atom is -0.373 e. The lowest BCUT2D eigenvalue weighted by Crippen LogP contribution is -2.20. The summed E-state index contributed by atoms with van der Waals surface area (Å²) in [6, 6.07) is 9.77. The number of halogens is 2. The second-order valence-electron chi connectivity index (χ2n) is 3.03. The third-order valence-electron chi connectivity index (χ3n) is 1.90. The van der Waals surface area contributed by atoms with Gasteiger partial charge in [-0.2, -0.15) is 5.90 Å². The SMILES string of the molecule is CC(Cc1ccccc1)C(=O)ON.Cl.Cl. The van der Waals surface area contributed by atoms with Crippen molar-refractivity contribution in [1.29, 1.82) is 0 Å². The topological polar surface area (TPSA) is 52.3 Å². The van der Waals surface area contributed by atoms with E-state index in [0.29, 0.717) is 6.42 Å². The Balaban J connectivity index is 0. The van der Waals surface area contributed by atoms with E-state index in [1.54, 1.807) is 6.92 Å². The molecule has 0 heterocycles. The highest BCUT2D eigenvalue weighted by Crippen LogP contribution is 2.08. The number of carbonyl (C=O) groups excluding carboxylic acids is 1. The second kappa shape index (κ2) is 8.53. The molecule has 1 aromatic rings. The van der Waals surface area contributed by atoms with Crippen molar-refractivity contribution >= 4 is 30.8 Å². The molecule has 15 heavy (non-hydrogen) atoms. The summed E-state index contributed by atoms with van der Waals surface area (Å²) < 4.78 is 0. The van der Waals surface area contributed by atoms with E-state index in [2.05, 4.69) is 4.84 Å². The molecule has 0 fully saturated rings. The smallest absolute Gasteiger partial charge is 0.327 e. The van der Waals surface area contributed by atoms with Gasteiger partial charge in [-0.15, -0.1) is 24.8 Å². The van der Waals surface area contributed by atoms with Crippen LogP contribution in [0.5, 0.6) is 0 Å². The standard InChI is InChI=1S/C10H13NO2.2ClH/c1-8(10(12)13-11)7-9-5-3-2-4-6-9;;/h2-6,8H,7,11H2,1H3;2*1H. The van der Waals surface area contributed by atoms with E-state index >= 15 is 0 Å². The van der Waals surface area contributed by atoms with Gasteiger partial charge in [-0.1, -0.05) is 37.3 Å². The van der Waals surface area contributed by atoms with Crippen LogP contribution in [-0.4, -0.2) is 5.97 Å². The van der Waals surface area contributed by atoms with Crippen molar-refractivity contribution < 1.29 is 9.63 Å². The molecular weight excluding hydrogens is 237 g/mol. The van der Waals surface area contributed by atoms with Crippen molar-refractivity contribution in [3.63, 3.8) is 0 Å². The maximum atomic E-state index is 11.0. The highest BCUT2D eigenvalue weighted by atomic mass is 35.5. The third kappa shape index (κ3) is 5.62. The van der Waals surface area contributed by atoms with Crippen molar-refractivity contribution in [1.82, 2.24) is 0 Å². The fraction of sp³-hybridized carbons (Fsp3) is 0.300. The van der Waals surface area contributed by atoms with Gasteiger partial charge in [0, 0.05) is 0 Å². The van der Waals surface area contributed by atoms with E-state index in [4.69, 9.17) is 5.90 Å². The predicted octanol–water partition coefficient (Wildman–Crippen LogP) is 2.13. The first-order chi connectivity index (χ1) is 6.24. The molecule has 86 valence electrons. The third-order valence-corrected chi connectivity index (χ3v) is 1.90. The Morgan fingerprint density at radius 1 is 1.33 bits per heavy atom. The molecule has 0 aliphatic carbocycles. The molecule has 5 heteroatoms. The highest BCUT2D eigenvalue weighted by Gasteiger charge is 2.13. The summed E-state index contributed by atoms with van der Waals surface area (Å²) in [6.45, 7) is 1.79. The monoisotopic (exact) mass is 251 g/mol. The largest absolute Gasteiger partial charge is 0.373 e. The molecule has 1 unspecified atom stereocenters. The first-order valence-electron chi connectivity index (χ1n) is 4.18. The van der Waals surface area contributed by atoms with Crippen LogP contribution in [0.3, 0.4) is 0 Å². The summed E-state index contributed by atoms with van der Waals surface area (Å²) in [5.41, 5.74) is 1.11. The van der Waals surface area contributed by atoms with E-state index in [9.17, 15) is 4.79 Å². The van der Waals surface area contributed by atoms with Gasteiger partial charge in [-0.3, -0.25) is 4.79 Å². The van der Waals surface area contributed by atoms with E-state index in [1.807, 2.05) is 30.3 Å². The molecule has 0 spiro atoms. The molecule has 2 N–H and O–H groups in total. The van der Waals surface area contributed by atoms with Crippen LogP contribution in [0.4, 0.5) is 0 Å². The molecule has 0 amide bonds. The Kier molecular flexibility index (Phi) is 9.47. The maximum absolute atomic E-state index is 11.0. The van der Waals surface area contributed by atoms with Gasteiger partial charge in [-0.05, 0) is 12.0 Å². The summed E-state index contributed by atoms with van der Waals surface area (Å²) in [6.07, 6.45) is 0.664. The molecule has 1 atom stereocenters. The quantitative estimate of drug-likeness (QED) is 0.838. The molecule has 1 rings (SSSR count). The predicted molar refractivity (Wildman–Crippen MR) is 64.1 cm³/mol. The zero-order valence-electron chi connectivity index (χ0n) is 8.38. The van der Waals surface area contributed by atoms with E-state index in [-0.39, 0.29) is 36.7 Å². The first kappa shape index (κ1) is 16.7. The fourth-order valence-electron chi connectivity index (χ4n) is 1.17. The molecule has 0 saturated heterocycles. The second-order valence-corrected chi connectivity index (χ2v) is 3.03. The number of hydrogen-bond acceptors (Lipinski definition) is 3. The van der Waals surface area contributed by atoms with E-state index < -0.39 is 0 Å². The molecular formula is C10H15Cl2NO2. The minimum absolute atomic E-state index is 0. The fourth-order valence-corrected chi connectivity index (χ4v) is 1.17. The highest BCUT2D eigenvalue weighted by molar-refractivity contribution is 5.85. The summed E-state index contributed by atoms with van der Waals surface area (Å²) in [4.78, 5) is 15.1. The van der Waals surface area contributed by atoms with Gasteiger partial charge in [0.25, 0.3) is 0 Å². The molecule has 0 radical (unpaired) electrons. The average molecular weight is 252 g/mol. The summed E-state index contributed by atoms with van der Waals surface area (Å²) in [5.74, 6) is 4.22. The molecule has 0 aliphatic heterocycles. The Labute approximate surface area is 102 Å². The van der Waals surface area contributed by atoms with Gasteiger partial charge < -0.3 is 4.84 Å². The average Bonchev–Trinajstić information content (AvgIpc) is 2.18. The van der Waals surface area contributed by atoms with Crippen LogP contribution >= 0.6 is 24.8 Å². The minimum atomic E-state index is -0.371. The normalized spacial score (nSPS) is 10.5. The van der Waals surface area contributed by atoms with Gasteiger partial charge in [-0.25, -0.2) is 0 Å². The van der Waals surface area contributed by atoms with E-state index in [1.165, 1.54) is 0 Å². The molecule has 0 bridgehead atoms. The van der Waals surface area contributed by atoms with Crippen molar-refractivity contribution in [2.45, 2.75) is 13.3 Å². The maximum Gasteiger partial charge on any atom is 0.327 e. The number of hydrogen-bond donors (Lipinski definition) is 1. The molecule has 0 saturated carbocycles. The van der Waals surface area contributed by atoms with Crippen molar-refractivity contribution in [3.05, 3.63) is 35.9 Å². The molecule has 0 aliphatic rings. The lowest BCUT2D eigenvalue weighted by molar-refractivity contribution is -0.148. The summed E-state index contributed by atoms with van der Waals surface area (Å²) >= 11 is 0. The Hall–Kier alpha value is -0.770. The van der Waals surface area contributed by atoms with Gasteiger partial charge in [0.1, 0.15) is 0 Å². The van der Waals surface area contributed by atoms with Crippen LogP contribution in [0.2, 0.25) is 0 Å². The number of carbonyl (C=O) groups is 1. The van der Waals surface area contributed by atoms with Crippen LogP contribution < -0.4 is 5.90 Å². The Morgan fingerprint density at radius 2 is 1.87 bits per heavy atom. The lowest BCUT2D eigenvalue weighted by Gasteiger charge is -2.07. The zero-order valence-corrected chi connectivity index (χ0v) is 10.0. The summed E-state index contributed by atoms with van der Waals surface area (Å²) in [5, 5.41) is 0. The zero-order chi connectivity index (χ0) is 9.68. The van der Waals surface area contributed by atoms with Gasteiger partial charge in [0.05, 0.1) is 5.92 Å². The van der Waals surface area contributed by atoms with Crippen LogP contribution in [0.25, 0.3) is 0 Å². The van der Waals surface area contributed by atoms with Crippen molar-refractivity contribution in [3.8, 4) is 0 Å². The van der Waals surface area contributed by atoms with Crippen LogP contribution in [-0.2, 0) is 16.1 Å². The van der Waals surface area contributed by atoms with Crippen LogP contribution in [0.15, 0.2) is 30.3 Å². The molecule has 0 aromatic heterocycles. The number of rotatable bonds is 3. The molecule has 1 aromatic carbocycles. The summed E-state index contributed by atoms with van der Waals surface area (Å²) in [7, 11) is 0. The Bertz CT molecular complexity index is 280. The van der Waals surface area contributed by atoms with Gasteiger partial charge in [0.2, 0.25) is 0 Å². The van der Waals surface area contributed by atoms with Crippen molar-refractivity contribution in [2.75, 3.05) is 0 Å². The number of benzene rings is 1. The lowest BCUT2D eigenvalue weighted by atomic mass is 10.0. The molecule has 3 nitrogen and oxygen atoms in total. The van der Waals surface area contributed by atoms with Crippen LogP contribution in [0.1, 0.15) is 12.5 Å². The van der Waals surface area contributed by atoms with Crippen molar-refractivity contribution in [2.24, 2.45) is 11.8 Å². The van der Waals surface area contributed by atoms with Gasteiger partial charge in [0.15, 0.2) is 0 Å². The van der Waals surface area contributed by atoms with Gasteiger partial charge >= 0.3 is 5.97 Å².